The van der Waals surface area contributed by atoms with E-state index in [0.29, 0.717) is 18.0 Å². The number of alkyl halides is 3. The van der Waals surface area contributed by atoms with Crippen molar-refractivity contribution in [3.05, 3.63) is 28.2 Å². The van der Waals surface area contributed by atoms with Gasteiger partial charge in [-0.3, -0.25) is 4.68 Å². The van der Waals surface area contributed by atoms with Crippen LogP contribution in [0.15, 0.2) is 4.42 Å². The second-order valence-electron chi connectivity index (χ2n) is 9.99. The molecular weight excluding hydrogens is 417 g/mol. The van der Waals surface area contributed by atoms with Gasteiger partial charge in [-0.25, -0.2) is 0 Å². The molecular formula is C21H24ClF3N4O. The van der Waals surface area contributed by atoms with Gasteiger partial charge >= 0.3 is 6.18 Å². The number of hydrogen-bond acceptors (Lipinski definition) is 4. The molecule has 5 aliphatic rings. The lowest BCUT2D eigenvalue weighted by atomic mass is 9.49. The third-order valence-electron chi connectivity index (χ3n) is 7.66. The molecule has 0 spiro atoms. The normalized spacial score (nSPS) is 32.9. The van der Waals surface area contributed by atoms with Crippen molar-refractivity contribution in [3.63, 3.8) is 0 Å². The Hall–Kier alpha value is -1.57. The van der Waals surface area contributed by atoms with Gasteiger partial charge in [-0.2, -0.15) is 18.3 Å². The average molecular weight is 441 g/mol. The van der Waals surface area contributed by atoms with Crippen LogP contribution in [0.25, 0.3) is 0 Å². The van der Waals surface area contributed by atoms with Crippen LogP contribution in [-0.2, 0) is 24.6 Å². The maximum atomic E-state index is 13.3. The quantitative estimate of drug-likeness (QED) is 0.613. The van der Waals surface area contributed by atoms with E-state index in [1.165, 1.54) is 23.9 Å². The molecule has 30 heavy (non-hydrogen) atoms. The highest BCUT2D eigenvalue weighted by Gasteiger charge is 2.54. The molecule has 9 heteroatoms. The van der Waals surface area contributed by atoms with Crippen molar-refractivity contribution in [3.8, 4) is 0 Å². The average Bonchev–Trinajstić information content (AvgIpc) is 3.25. The first-order valence-corrected chi connectivity index (χ1v) is 11.3. The summed E-state index contributed by atoms with van der Waals surface area (Å²) in [6.07, 6.45) is 4.92. The summed E-state index contributed by atoms with van der Waals surface area (Å²) in [5, 5.41) is 12.2. The van der Waals surface area contributed by atoms with Crippen molar-refractivity contribution in [1.82, 2.24) is 20.0 Å². The summed E-state index contributed by atoms with van der Waals surface area (Å²) < 4.78 is 47.2. The zero-order chi connectivity index (χ0) is 20.7. The van der Waals surface area contributed by atoms with Gasteiger partial charge in [0, 0.05) is 17.8 Å². The molecule has 2 heterocycles. The molecule has 0 N–H and O–H groups in total. The smallest absolute Gasteiger partial charge is 0.425 e. The predicted molar refractivity (Wildman–Crippen MR) is 102 cm³/mol. The molecule has 7 rings (SSSR count). The highest BCUT2D eigenvalue weighted by atomic mass is 35.5. The molecule has 4 bridgehead atoms. The van der Waals surface area contributed by atoms with Gasteiger partial charge in [0.2, 0.25) is 11.8 Å². The SMILES string of the molecule is FC(F)(F)c1nn(CCc2nnc(C34CC5CC(CC(C5)C3)C4)o2)c(C2CC2)c1Cl. The van der Waals surface area contributed by atoms with Crippen molar-refractivity contribution in [2.75, 3.05) is 0 Å². The van der Waals surface area contributed by atoms with E-state index in [4.69, 9.17) is 16.0 Å². The van der Waals surface area contributed by atoms with Gasteiger partial charge < -0.3 is 4.42 Å². The number of aryl methyl sites for hydroxylation is 2. The molecule has 0 radical (unpaired) electrons. The van der Waals surface area contributed by atoms with E-state index >= 15 is 0 Å². The fraction of sp³-hybridized carbons (Fsp3) is 0.762. The fourth-order valence-corrected chi connectivity index (χ4v) is 7.09. The number of rotatable bonds is 5. The molecule has 0 amide bonds. The van der Waals surface area contributed by atoms with Crippen LogP contribution >= 0.6 is 11.6 Å². The van der Waals surface area contributed by atoms with E-state index < -0.39 is 11.9 Å². The van der Waals surface area contributed by atoms with Crippen molar-refractivity contribution < 1.29 is 17.6 Å². The second-order valence-corrected chi connectivity index (χ2v) is 10.4. The molecule has 0 aromatic carbocycles. The Labute approximate surface area is 177 Å². The number of aromatic nitrogens is 4. The molecule has 5 nitrogen and oxygen atoms in total. The lowest BCUT2D eigenvalue weighted by molar-refractivity contribution is -0.141. The lowest BCUT2D eigenvalue weighted by Gasteiger charge is -2.55. The Balaban J connectivity index is 1.22. The van der Waals surface area contributed by atoms with Gasteiger partial charge in [-0.05, 0) is 69.1 Å². The van der Waals surface area contributed by atoms with Crippen LogP contribution in [0, 0.1) is 17.8 Å². The Morgan fingerprint density at radius 2 is 1.67 bits per heavy atom. The monoisotopic (exact) mass is 440 g/mol. The van der Waals surface area contributed by atoms with E-state index in [2.05, 4.69) is 15.3 Å². The van der Waals surface area contributed by atoms with Crippen LogP contribution < -0.4 is 0 Å². The number of halogens is 4. The van der Waals surface area contributed by atoms with Crippen molar-refractivity contribution >= 4 is 11.6 Å². The second kappa shape index (κ2) is 6.47. The van der Waals surface area contributed by atoms with Crippen molar-refractivity contribution in [1.29, 1.82) is 0 Å². The fourth-order valence-electron chi connectivity index (χ4n) is 6.69. The summed E-state index contributed by atoms with van der Waals surface area (Å²) in [4.78, 5) is 0. The minimum Gasteiger partial charge on any atom is -0.425 e. The summed E-state index contributed by atoms with van der Waals surface area (Å²) in [6, 6.07) is 0. The summed E-state index contributed by atoms with van der Waals surface area (Å²) in [7, 11) is 0. The first-order valence-electron chi connectivity index (χ1n) is 11.0. The van der Waals surface area contributed by atoms with Crippen molar-refractivity contribution in [2.45, 2.75) is 81.8 Å². The van der Waals surface area contributed by atoms with E-state index in [1.807, 2.05) is 0 Å². The van der Waals surface area contributed by atoms with Gasteiger partial charge in [-0.15, -0.1) is 10.2 Å². The maximum absolute atomic E-state index is 13.3. The minimum absolute atomic E-state index is 0.0254. The first-order chi connectivity index (χ1) is 14.3. The largest absolute Gasteiger partial charge is 0.436 e. The molecule has 5 aliphatic carbocycles. The van der Waals surface area contributed by atoms with E-state index in [0.717, 1.165) is 55.7 Å². The zero-order valence-electron chi connectivity index (χ0n) is 16.6. The predicted octanol–water partition coefficient (Wildman–Crippen LogP) is 5.53. The Kier molecular flexibility index (Phi) is 4.13. The molecule has 2 aromatic heterocycles. The van der Waals surface area contributed by atoms with Crippen LogP contribution in [0.3, 0.4) is 0 Å². The molecule has 0 aliphatic heterocycles. The summed E-state index contributed by atoms with van der Waals surface area (Å²) in [6.45, 7) is 0.254. The Morgan fingerprint density at radius 3 is 2.23 bits per heavy atom. The lowest BCUT2D eigenvalue weighted by Crippen LogP contribution is -2.48. The molecule has 5 fully saturated rings. The van der Waals surface area contributed by atoms with Crippen molar-refractivity contribution in [2.24, 2.45) is 17.8 Å². The van der Waals surface area contributed by atoms with Gasteiger partial charge in [0.05, 0.1) is 17.3 Å². The molecule has 162 valence electrons. The molecule has 0 unspecified atom stereocenters. The van der Waals surface area contributed by atoms with Crippen LogP contribution in [0.4, 0.5) is 13.2 Å². The van der Waals surface area contributed by atoms with Gasteiger partial charge in [-0.1, -0.05) is 11.6 Å². The maximum Gasteiger partial charge on any atom is 0.436 e. The van der Waals surface area contributed by atoms with E-state index in [9.17, 15) is 13.2 Å². The third kappa shape index (κ3) is 3.09. The molecule has 0 saturated heterocycles. The minimum atomic E-state index is -4.55. The standard InChI is InChI=1S/C21H24ClF3N4O/c22-16-17(14-1-2-14)29(28-18(16)21(23,24)25)4-3-15-26-27-19(30-15)20-8-11-5-12(9-20)7-13(6-11)10-20/h11-14H,1-10H2. The van der Waals surface area contributed by atoms with E-state index in [1.54, 1.807) is 0 Å². The first kappa shape index (κ1) is 19.1. The van der Waals surface area contributed by atoms with Gasteiger partial charge in [0.15, 0.2) is 5.69 Å². The summed E-state index contributed by atoms with van der Waals surface area (Å²) >= 11 is 6.06. The van der Waals surface area contributed by atoms with Gasteiger partial charge in [0.1, 0.15) is 0 Å². The third-order valence-corrected chi connectivity index (χ3v) is 8.03. The summed E-state index contributed by atoms with van der Waals surface area (Å²) in [5.74, 6) is 3.61. The number of nitrogens with zero attached hydrogens (tertiary/aromatic N) is 4. The molecule has 2 aromatic rings. The van der Waals surface area contributed by atoms with Crippen LogP contribution in [-0.4, -0.2) is 20.0 Å². The topological polar surface area (TPSA) is 56.7 Å². The highest BCUT2D eigenvalue weighted by Crippen LogP contribution is 2.60. The summed E-state index contributed by atoms with van der Waals surface area (Å²) in [5.41, 5.74) is -0.479. The zero-order valence-corrected chi connectivity index (χ0v) is 17.3. The van der Waals surface area contributed by atoms with Crippen LogP contribution in [0.2, 0.25) is 5.02 Å². The molecule has 5 saturated carbocycles. The van der Waals surface area contributed by atoms with E-state index in [-0.39, 0.29) is 22.9 Å². The van der Waals surface area contributed by atoms with Crippen LogP contribution in [0.1, 0.15) is 80.5 Å². The molecule has 0 atom stereocenters. The Bertz CT molecular complexity index is 942. The van der Waals surface area contributed by atoms with Crippen LogP contribution in [0.5, 0.6) is 0 Å². The Morgan fingerprint density at radius 1 is 1.03 bits per heavy atom. The van der Waals surface area contributed by atoms with Gasteiger partial charge in [0.25, 0.3) is 0 Å². The highest BCUT2D eigenvalue weighted by molar-refractivity contribution is 6.32. The number of hydrogen-bond donors (Lipinski definition) is 0.